The number of methoxy groups -OCH3 is 1. The zero-order chi connectivity index (χ0) is 15.2. The van der Waals surface area contributed by atoms with Crippen molar-refractivity contribution in [2.45, 2.75) is 13.8 Å². The van der Waals surface area contributed by atoms with E-state index >= 15 is 0 Å². The third kappa shape index (κ3) is 3.70. The number of nitrogens with zero attached hydrogens (tertiary/aromatic N) is 1. The van der Waals surface area contributed by atoms with Crippen LogP contribution in [-0.4, -0.2) is 38.5 Å². The largest absolute Gasteiger partial charge is 0.492 e. The molecule has 0 aliphatic heterocycles. The number of benzene rings is 1. The van der Waals surface area contributed by atoms with Gasteiger partial charge < -0.3 is 19.5 Å². The number of fused-ring (bicyclic) bond motifs is 1. The molecule has 1 aromatic heterocycles. The number of thiazole rings is 1. The highest BCUT2D eigenvalue weighted by Gasteiger charge is 2.17. The fourth-order valence-electron chi connectivity index (χ4n) is 1.86. The van der Waals surface area contributed by atoms with Gasteiger partial charge in [-0.3, -0.25) is 0 Å². The first kappa shape index (κ1) is 16.1. The van der Waals surface area contributed by atoms with Gasteiger partial charge in [-0.1, -0.05) is 22.9 Å². The zero-order valence-corrected chi connectivity index (χ0v) is 13.9. The second-order valence-corrected chi connectivity index (χ2v) is 5.55. The molecule has 0 saturated carbocycles. The summed E-state index contributed by atoms with van der Waals surface area (Å²) in [5.74, 6) is 1.32. The van der Waals surface area contributed by atoms with Crippen molar-refractivity contribution in [1.82, 2.24) is 4.98 Å². The van der Waals surface area contributed by atoms with Gasteiger partial charge in [0, 0.05) is 19.7 Å². The third-order valence-electron chi connectivity index (χ3n) is 2.72. The maximum absolute atomic E-state index is 6.40. The Hall–Kier alpha value is -1.24. The monoisotopic (exact) mass is 330 g/mol. The molecule has 0 aliphatic rings. The molecule has 0 bridgehead atoms. The van der Waals surface area contributed by atoms with Crippen molar-refractivity contribution in [3.63, 3.8) is 0 Å². The van der Waals surface area contributed by atoms with Crippen LogP contribution in [-0.2, 0) is 4.74 Å². The number of rotatable bonds is 8. The lowest BCUT2D eigenvalue weighted by Crippen LogP contribution is -2.06. The summed E-state index contributed by atoms with van der Waals surface area (Å²) in [6, 6.07) is 1.80. The van der Waals surface area contributed by atoms with Crippen LogP contribution in [0.4, 0.5) is 5.13 Å². The van der Waals surface area contributed by atoms with E-state index in [0.29, 0.717) is 42.9 Å². The van der Waals surface area contributed by atoms with Crippen LogP contribution in [0.25, 0.3) is 10.2 Å². The smallest absolute Gasteiger partial charge is 0.184 e. The minimum absolute atomic E-state index is 0.550. The van der Waals surface area contributed by atoms with Crippen molar-refractivity contribution in [2.24, 2.45) is 0 Å². The summed E-state index contributed by atoms with van der Waals surface area (Å²) < 4.78 is 17.1. The van der Waals surface area contributed by atoms with Gasteiger partial charge in [-0.25, -0.2) is 4.98 Å². The Kier molecular flexibility index (Phi) is 5.90. The predicted molar refractivity (Wildman–Crippen MR) is 87.3 cm³/mol. The SMILES string of the molecule is CCOc1cc(OCC)c2nc(NCCOC)sc2c1Cl. The Morgan fingerprint density at radius 2 is 1.95 bits per heavy atom. The van der Waals surface area contributed by atoms with Gasteiger partial charge in [-0.15, -0.1) is 0 Å². The lowest BCUT2D eigenvalue weighted by molar-refractivity contribution is 0.211. The minimum Gasteiger partial charge on any atom is -0.492 e. The van der Waals surface area contributed by atoms with E-state index in [2.05, 4.69) is 10.3 Å². The van der Waals surface area contributed by atoms with E-state index in [1.807, 2.05) is 13.8 Å². The van der Waals surface area contributed by atoms with Gasteiger partial charge in [-0.2, -0.15) is 0 Å². The van der Waals surface area contributed by atoms with E-state index in [-0.39, 0.29) is 0 Å². The summed E-state index contributed by atoms with van der Waals surface area (Å²) in [5, 5.41) is 4.58. The zero-order valence-electron chi connectivity index (χ0n) is 12.4. The average molecular weight is 331 g/mol. The van der Waals surface area contributed by atoms with Gasteiger partial charge in [0.1, 0.15) is 22.0 Å². The van der Waals surface area contributed by atoms with Crippen LogP contribution < -0.4 is 14.8 Å². The first-order valence-electron chi connectivity index (χ1n) is 6.82. The van der Waals surface area contributed by atoms with Crippen LogP contribution in [0.15, 0.2) is 6.07 Å². The van der Waals surface area contributed by atoms with Crippen LogP contribution in [0.5, 0.6) is 11.5 Å². The number of halogens is 1. The fraction of sp³-hybridized carbons (Fsp3) is 0.500. The van der Waals surface area contributed by atoms with Gasteiger partial charge in [-0.05, 0) is 13.8 Å². The van der Waals surface area contributed by atoms with Crippen molar-refractivity contribution >= 4 is 38.3 Å². The molecule has 116 valence electrons. The van der Waals surface area contributed by atoms with E-state index < -0.39 is 0 Å². The third-order valence-corrected chi connectivity index (χ3v) is 4.24. The summed E-state index contributed by atoms with van der Waals surface area (Å²) >= 11 is 7.89. The van der Waals surface area contributed by atoms with E-state index in [1.54, 1.807) is 13.2 Å². The van der Waals surface area contributed by atoms with Crippen LogP contribution >= 0.6 is 22.9 Å². The molecule has 7 heteroatoms. The Morgan fingerprint density at radius 3 is 2.62 bits per heavy atom. The van der Waals surface area contributed by atoms with E-state index in [4.69, 9.17) is 25.8 Å². The highest BCUT2D eigenvalue weighted by Crippen LogP contribution is 2.43. The highest BCUT2D eigenvalue weighted by molar-refractivity contribution is 7.22. The molecule has 0 radical (unpaired) electrons. The molecule has 0 spiro atoms. The lowest BCUT2D eigenvalue weighted by atomic mass is 10.3. The summed E-state index contributed by atoms with van der Waals surface area (Å²) in [6.45, 7) is 6.28. The van der Waals surface area contributed by atoms with Crippen molar-refractivity contribution in [1.29, 1.82) is 0 Å². The average Bonchev–Trinajstić information content (AvgIpc) is 2.89. The molecule has 0 saturated heterocycles. The molecule has 0 atom stereocenters. The molecule has 0 unspecified atom stereocenters. The van der Waals surface area contributed by atoms with Gasteiger partial charge in [0.05, 0.1) is 24.5 Å². The number of hydrogen-bond acceptors (Lipinski definition) is 6. The van der Waals surface area contributed by atoms with Crippen LogP contribution in [0, 0.1) is 0 Å². The Bertz CT molecular complexity index is 603. The van der Waals surface area contributed by atoms with Gasteiger partial charge in [0.2, 0.25) is 0 Å². The Balaban J connectivity index is 2.41. The second kappa shape index (κ2) is 7.68. The Morgan fingerprint density at radius 1 is 1.24 bits per heavy atom. The van der Waals surface area contributed by atoms with Crippen LogP contribution in [0.2, 0.25) is 5.02 Å². The first-order valence-corrected chi connectivity index (χ1v) is 8.02. The quantitative estimate of drug-likeness (QED) is 0.746. The van der Waals surface area contributed by atoms with Gasteiger partial charge in [0.15, 0.2) is 5.13 Å². The topological polar surface area (TPSA) is 52.6 Å². The highest BCUT2D eigenvalue weighted by atomic mass is 35.5. The standard InChI is InChI=1S/C14H19ClN2O3S/c1-4-19-9-8-10(20-5-2)12-13(11(9)15)21-14(17-12)16-6-7-18-3/h8H,4-7H2,1-3H3,(H,16,17). The molecule has 21 heavy (non-hydrogen) atoms. The fourth-order valence-corrected chi connectivity index (χ4v) is 3.11. The summed E-state index contributed by atoms with van der Waals surface area (Å²) in [7, 11) is 1.67. The van der Waals surface area contributed by atoms with Crippen molar-refractivity contribution in [3.05, 3.63) is 11.1 Å². The molecule has 0 fully saturated rings. The number of aromatic nitrogens is 1. The maximum atomic E-state index is 6.40. The second-order valence-electron chi connectivity index (χ2n) is 4.17. The van der Waals surface area contributed by atoms with Crippen molar-refractivity contribution in [3.8, 4) is 11.5 Å². The van der Waals surface area contributed by atoms with Gasteiger partial charge >= 0.3 is 0 Å². The Labute approximate surface area is 133 Å². The molecule has 0 aliphatic carbocycles. The first-order chi connectivity index (χ1) is 10.2. The molecule has 1 N–H and O–H groups in total. The lowest BCUT2D eigenvalue weighted by Gasteiger charge is -2.10. The van der Waals surface area contributed by atoms with E-state index in [1.165, 1.54) is 11.3 Å². The molecule has 2 aromatic rings. The number of ether oxygens (including phenoxy) is 3. The summed E-state index contributed by atoms with van der Waals surface area (Å²) in [5.41, 5.74) is 0.759. The summed E-state index contributed by atoms with van der Waals surface area (Å²) in [6.07, 6.45) is 0. The maximum Gasteiger partial charge on any atom is 0.184 e. The minimum atomic E-state index is 0.550. The molecule has 5 nitrogen and oxygen atoms in total. The number of hydrogen-bond donors (Lipinski definition) is 1. The van der Waals surface area contributed by atoms with Crippen LogP contribution in [0.3, 0.4) is 0 Å². The summed E-state index contributed by atoms with van der Waals surface area (Å²) in [4.78, 5) is 4.55. The van der Waals surface area contributed by atoms with E-state index in [9.17, 15) is 0 Å². The molecular formula is C14H19ClN2O3S. The van der Waals surface area contributed by atoms with Crippen molar-refractivity contribution in [2.75, 3.05) is 38.8 Å². The molecule has 1 heterocycles. The van der Waals surface area contributed by atoms with Crippen LogP contribution in [0.1, 0.15) is 13.8 Å². The normalized spacial score (nSPS) is 10.9. The molecule has 2 rings (SSSR count). The van der Waals surface area contributed by atoms with Crippen molar-refractivity contribution < 1.29 is 14.2 Å². The molecule has 1 aromatic carbocycles. The number of nitrogens with one attached hydrogen (secondary N) is 1. The van der Waals surface area contributed by atoms with Gasteiger partial charge in [0.25, 0.3) is 0 Å². The number of anilines is 1. The predicted octanol–water partition coefficient (Wildman–Crippen LogP) is 3.81. The van der Waals surface area contributed by atoms with E-state index in [0.717, 1.165) is 15.3 Å². The molecular weight excluding hydrogens is 312 g/mol. The molecule has 0 amide bonds.